The zero-order valence-corrected chi connectivity index (χ0v) is 16.5. The SMILES string of the molecule is Cc1ccc(NC(=O)CCC(=O)OCC(=O)N[C@H](C)c2ccccc2)c(C)c1. The molecule has 0 aromatic heterocycles. The van der Waals surface area contributed by atoms with Crippen molar-refractivity contribution in [1.29, 1.82) is 0 Å². The van der Waals surface area contributed by atoms with Gasteiger partial charge in [-0.05, 0) is 38.0 Å². The van der Waals surface area contributed by atoms with Crippen molar-refractivity contribution in [3.8, 4) is 0 Å². The summed E-state index contributed by atoms with van der Waals surface area (Å²) in [7, 11) is 0. The number of ether oxygens (including phenoxy) is 1. The Bertz CT molecular complexity index is 834. The quantitative estimate of drug-likeness (QED) is 0.685. The maximum atomic E-state index is 12.0. The van der Waals surface area contributed by atoms with Crippen molar-refractivity contribution in [1.82, 2.24) is 5.32 Å². The molecule has 1 atom stereocenters. The number of amides is 2. The van der Waals surface area contributed by atoms with E-state index >= 15 is 0 Å². The van der Waals surface area contributed by atoms with E-state index in [2.05, 4.69) is 10.6 Å². The summed E-state index contributed by atoms with van der Waals surface area (Å²) >= 11 is 0. The summed E-state index contributed by atoms with van der Waals surface area (Å²) in [6.07, 6.45) is -0.0908. The Labute approximate surface area is 165 Å². The number of nitrogens with one attached hydrogen (secondary N) is 2. The van der Waals surface area contributed by atoms with Gasteiger partial charge in [-0.3, -0.25) is 14.4 Å². The fourth-order valence-corrected chi connectivity index (χ4v) is 2.71. The fourth-order valence-electron chi connectivity index (χ4n) is 2.71. The van der Waals surface area contributed by atoms with Crippen LogP contribution in [-0.2, 0) is 19.1 Å². The van der Waals surface area contributed by atoms with Gasteiger partial charge in [0, 0.05) is 12.1 Å². The average molecular weight is 382 g/mol. The maximum Gasteiger partial charge on any atom is 0.306 e. The van der Waals surface area contributed by atoms with Gasteiger partial charge in [0.25, 0.3) is 5.91 Å². The van der Waals surface area contributed by atoms with Gasteiger partial charge < -0.3 is 15.4 Å². The van der Waals surface area contributed by atoms with Crippen LogP contribution in [0.5, 0.6) is 0 Å². The normalized spacial score (nSPS) is 11.4. The zero-order chi connectivity index (χ0) is 20.5. The Morgan fingerprint density at radius 1 is 0.964 bits per heavy atom. The molecular weight excluding hydrogens is 356 g/mol. The molecule has 0 aliphatic heterocycles. The summed E-state index contributed by atoms with van der Waals surface area (Å²) in [5, 5.41) is 5.54. The summed E-state index contributed by atoms with van der Waals surface area (Å²) in [6.45, 7) is 5.37. The Morgan fingerprint density at radius 3 is 2.36 bits per heavy atom. The van der Waals surface area contributed by atoms with Crippen LogP contribution in [-0.4, -0.2) is 24.4 Å². The van der Waals surface area contributed by atoms with E-state index in [1.807, 2.05) is 69.3 Å². The van der Waals surface area contributed by atoms with E-state index in [0.717, 1.165) is 22.4 Å². The number of benzene rings is 2. The molecule has 0 aliphatic rings. The van der Waals surface area contributed by atoms with E-state index < -0.39 is 5.97 Å². The van der Waals surface area contributed by atoms with E-state index in [1.54, 1.807) is 0 Å². The number of carbonyl (C=O) groups excluding carboxylic acids is 3. The van der Waals surface area contributed by atoms with E-state index in [1.165, 1.54) is 0 Å². The summed E-state index contributed by atoms with van der Waals surface area (Å²) < 4.78 is 4.95. The number of carbonyl (C=O) groups is 3. The number of esters is 1. The molecule has 6 nitrogen and oxygen atoms in total. The monoisotopic (exact) mass is 382 g/mol. The molecule has 0 spiro atoms. The number of hydrogen-bond donors (Lipinski definition) is 2. The third-order valence-electron chi connectivity index (χ3n) is 4.25. The standard InChI is InChI=1S/C22H26N2O4/c1-15-9-10-19(16(2)13-15)24-20(25)11-12-22(27)28-14-21(26)23-17(3)18-7-5-4-6-8-18/h4-10,13,17H,11-12,14H2,1-3H3,(H,23,26)(H,24,25)/t17-/m1/s1. The van der Waals surface area contributed by atoms with Gasteiger partial charge in [-0.25, -0.2) is 0 Å². The third kappa shape index (κ3) is 6.87. The molecule has 6 heteroatoms. The molecule has 0 bridgehead atoms. The highest BCUT2D eigenvalue weighted by Crippen LogP contribution is 2.16. The highest BCUT2D eigenvalue weighted by Gasteiger charge is 2.13. The van der Waals surface area contributed by atoms with Gasteiger partial charge in [0.1, 0.15) is 0 Å². The number of anilines is 1. The van der Waals surface area contributed by atoms with Gasteiger partial charge >= 0.3 is 5.97 Å². The van der Waals surface area contributed by atoms with Crippen LogP contribution in [0.3, 0.4) is 0 Å². The van der Waals surface area contributed by atoms with E-state index in [9.17, 15) is 14.4 Å². The Hall–Kier alpha value is -3.15. The molecule has 2 aromatic rings. The molecule has 2 aromatic carbocycles. The largest absolute Gasteiger partial charge is 0.456 e. The highest BCUT2D eigenvalue weighted by molar-refractivity contribution is 5.93. The summed E-state index contributed by atoms with van der Waals surface area (Å²) in [5.41, 5.74) is 3.75. The first-order valence-electron chi connectivity index (χ1n) is 9.22. The van der Waals surface area contributed by atoms with Crippen molar-refractivity contribution in [3.05, 3.63) is 65.2 Å². The first-order valence-corrected chi connectivity index (χ1v) is 9.22. The van der Waals surface area contributed by atoms with E-state index in [-0.39, 0.29) is 37.3 Å². The minimum Gasteiger partial charge on any atom is -0.456 e. The van der Waals surface area contributed by atoms with Gasteiger partial charge in [-0.15, -0.1) is 0 Å². The Kier molecular flexibility index (Phi) is 7.75. The second-order valence-electron chi connectivity index (χ2n) is 6.73. The molecule has 0 fully saturated rings. The zero-order valence-electron chi connectivity index (χ0n) is 16.5. The molecule has 28 heavy (non-hydrogen) atoms. The van der Waals surface area contributed by atoms with Crippen LogP contribution in [0, 0.1) is 13.8 Å². The van der Waals surface area contributed by atoms with Gasteiger partial charge in [0.15, 0.2) is 6.61 Å². The van der Waals surface area contributed by atoms with Gasteiger partial charge in [-0.2, -0.15) is 0 Å². The minimum absolute atomic E-state index is 0.00577. The first kappa shape index (κ1) is 21.2. The minimum atomic E-state index is -0.585. The van der Waals surface area contributed by atoms with Crippen LogP contribution in [0.2, 0.25) is 0 Å². The lowest BCUT2D eigenvalue weighted by molar-refractivity contribution is -0.149. The molecule has 0 heterocycles. The molecule has 0 saturated heterocycles. The van der Waals surface area contributed by atoms with Crippen molar-refractivity contribution in [3.63, 3.8) is 0 Å². The summed E-state index contributed by atoms with van der Waals surface area (Å²) in [4.78, 5) is 35.7. The van der Waals surface area contributed by atoms with Crippen molar-refractivity contribution in [2.75, 3.05) is 11.9 Å². The van der Waals surface area contributed by atoms with Crippen molar-refractivity contribution in [2.45, 2.75) is 39.7 Å². The molecular formula is C22H26N2O4. The van der Waals surface area contributed by atoms with Crippen LogP contribution >= 0.6 is 0 Å². The molecule has 2 amide bonds. The molecule has 2 N–H and O–H groups in total. The predicted molar refractivity (Wildman–Crippen MR) is 108 cm³/mol. The third-order valence-corrected chi connectivity index (χ3v) is 4.25. The number of aryl methyl sites for hydroxylation is 2. The van der Waals surface area contributed by atoms with Gasteiger partial charge in [-0.1, -0.05) is 48.0 Å². The van der Waals surface area contributed by atoms with E-state index in [4.69, 9.17) is 4.74 Å². The van der Waals surface area contributed by atoms with Crippen LogP contribution < -0.4 is 10.6 Å². The van der Waals surface area contributed by atoms with Gasteiger partial charge in [0.2, 0.25) is 5.91 Å². The smallest absolute Gasteiger partial charge is 0.306 e. The molecule has 0 radical (unpaired) electrons. The van der Waals surface area contributed by atoms with Crippen LogP contribution in [0.25, 0.3) is 0 Å². The predicted octanol–water partition coefficient (Wildman–Crippen LogP) is 3.44. The van der Waals surface area contributed by atoms with Crippen LogP contribution in [0.4, 0.5) is 5.69 Å². The summed E-state index contributed by atoms with van der Waals surface area (Å²) in [6, 6.07) is 15.0. The van der Waals surface area contributed by atoms with Gasteiger partial charge in [0.05, 0.1) is 12.5 Å². The lowest BCUT2D eigenvalue weighted by Crippen LogP contribution is -2.31. The van der Waals surface area contributed by atoms with Crippen LogP contribution in [0.15, 0.2) is 48.5 Å². The van der Waals surface area contributed by atoms with Crippen molar-refractivity contribution < 1.29 is 19.1 Å². The summed E-state index contributed by atoms with van der Waals surface area (Å²) in [5.74, 6) is -1.24. The molecule has 0 aliphatic carbocycles. The lowest BCUT2D eigenvalue weighted by atomic mass is 10.1. The molecule has 2 rings (SSSR count). The second kappa shape index (κ2) is 10.3. The Morgan fingerprint density at radius 2 is 1.68 bits per heavy atom. The lowest BCUT2D eigenvalue weighted by Gasteiger charge is -2.14. The second-order valence-corrected chi connectivity index (χ2v) is 6.73. The number of hydrogen-bond acceptors (Lipinski definition) is 4. The van der Waals surface area contributed by atoms with E-state index in [0.29, 0.717) is 0 Å². The van der Waals surface area contributed by atoms with Crippen LogP contribution in [0.1, 0.15) is 42.5 Å². The Balaban J connectivity index is 1.69. The maximum absolute atomic E-state index is 12.0. The topological polar surface area (TPSA) is 84.5 Å². The molecule has 0 unspecified atom stereocenters. The molecule has 0 saturated carbocycles. The van der Waals surface area contributed by atoms with Crippen molar-refractivity contribution in [2.24, 2.45) is 0 Å². The van der Waals surface area contributed by atoms with Crippen molar-refractivity contribution >= 4 is 23.5 Å². The first-order chi connectivity index (χ1) is 13.3. The highest BCUT2D eigenvalue weighted by atomic mass is 16.5. The number of rotatable bonds is 8. The fraction of sp³-hybridized carbons (Fsp3) is 0.318. The molecule has 148 valence electrons. The average Bonchev–Trinajstić information content (AvgIpc) is 2.67.